The van der Waals surface area contributed by atoms with Crippen LogP contribution in [0.25, 0.3) is 0 Å². The quantitative estimate of drug-likeness (QED) is 0.409. The Balaban J connectivity index is 1.38. The number of anilines is 2. The van der Waals surface area contributed by atoms with E-state index >= 15 is 0 Å². The first-order valence-corrected chi connectivity index (χ1v) is 11.1. The van der Waals surface area contributed by atoms with E-state index < -0.39 is 23.7 Å². The lowest BCUT2D eigenvalue weighted by Gasteiger charge is -2.18. The van der Waals surface area contributed by atoms with Crippen molar-refractivity contribution in [2.45, 2.75) is 20.1 Å². The zero-order valence-corrected chi connectivity index (χ0v) is 18.8. The van der Waals surface area contributed by atoms with Crippen LogP contribution in [0.1, 0.15) is 28.5 Å². The number of aromatic nitrogens is 1. The van der Waals surface area contributed by atoms with Gasteiger partial charge in [-0.1, -0.05) is 24.3 Å². The predicted molar refractivity (Wildman–Crippen MR) is 121 cm³/mol. The number of urea groups is 1. The van der Waals surface area contributed by atoms with Gasteiger partial charge in [-0.15, -0.1) is 11.3 Å². The molecule has 1 fully saturated rings. The Bertz CT molecular complexity index is 1240. The first-order chi connectivity index (χ1) is 16.3. The number of benzene rings is 2. The number of carbonyl (C=O) groups is 4. The second kappa shape index (κ2) is 9.79. The fraction of sp³-hybridized carbons (Fsp3) is 0.174. The van der Waals surface area contributed by atoms with Gasteiger partial charge in [0.15, 0.2) is 5.13 Å². The lowest BCUT2D eigenvalue weighted by atomic mass is 10.1. The normalized spacial score (nSPS) is 13.1. The maximum Gasteiger partial charge on any atom is 0.338 e. The number of carbonyl (C=O) groups excluding carboxylic acids is 4. The van der Waals surface area contributed by atoms with Crippen molar-refractivity contribution in [2.24, 2.45) is 0 Å². The summed E-state index contributed by atoms with van der Waals surface area (Å²) in [6.45, 7) is 1.26. The molecule has 4 rings (SSSR count). The van der Waals surface area contributed by atoms with Crippen LogP contribution in [0.4, 0.5) is 20.0 Å². The molecule has 1 aliphatic rings. The molecule has 0 radical (unpaired) electrons. The van der Waals surface area contributed by atoms with Gasteiger partial charge >= 0.3 is 12.0 Å². The van der Waals surface area contributed by atoms with Gasteiger partial charge in [-0.3, -0.25) is 19.4 Å². The van der Waals surface area contributed by atoms with Crippen LogP contribution in [-0.4, -0.2) is 40.2 Å². The largest absolute Gasteiger partial charge is 0.456 e. The van der Waals surface area contributed by atoms with E-state index in [0.29, 0.717) is 11.3 Å². The minimum absolute atomic E-state index is 0.0218. The summed E-state index contributed by atoms with van der Waals surface area (Å²) in [6, 6.07) is 11.8. The first-order valence-electron chi connectivity index (χ1n) is 10.2. The van der Waals surface area contributed by atoms with Gasteiger partial charge in [-0.2, -0.15) is 0 Å². The second-order valence-electron chi connectivity index (χ2n) is 7.34. The summed E-state index contributed by atoms with van der Waals surface area (Å²) in [6.07, 6.45) is 0. The molecule has 0 bridgehead atoms. The lowest BCUT2D eigenvalue weighted by molar-refractivity contribution is -0.125. The molecule has 0 unspecified atom stereocenters. The van der Waals surface area contributed by atoms with Crippen molar-refractivity contribution >= 4 is 46.0 Å². The van der Waals surface area contributed by atoms with Crippen LogP contribution in [0.5, 0.6) is 0 Å². The van der Waals surface area contributed by atoms with E-state index in [9.17, 15) is 23.6 Å². The Morgan fingerprint density at radius 1 is 1.18 bits per heavy atom. The van der Waals surface area contributed by atoms with Gasteiger partial charge in [0.2, 0.25) is 11.8 Å². The van der Waals surface area contributed by atoms with E-state index in [1.54, 1.807) is 23.6 Å². The maximum absolute atomic E-state index is 14.2. The molecule has 2 aromatic carbocycles. The van der Waals surface area contributed by atoms with Crippen molar-refractivity contribution in [3.05, 3.63) is 76.5 Å². The van der Waals surface area contributed by atoms with Crippen LogP contribution < -0.4 is 10.2 Å². The number of ether oxygens (including phenoxy) is 1. The highest BCUT2D eigenvalue weighted by Crippen LogP contribution is 2.31. The van der Waals surface area contributed by atoms with Crippen LogP contribution in [0.2, 0.25) is 0 Å². The predicted octanol–water partition coefficient (Wildman–Crippen LogP) is 3.38. The van der Waals surface area contributed by atoms with E-state index in [-0.39, 0.29) is 42.0 Å². The van der Waals surface area contributed by atoms with Crippen LogP contribution in [0, 0.1) is 5.82 Å². The van der Waals surface area contributed by atoms with E-state index in [2.05, 4.69) is 10.3 Å². The fourth-order valence-electron chi connectivity index (χ4n) is 3.27. The Labute approximate surface area is 197 Å². The van der Waals surface area contributed by atoms with Crippen molar-refractivity contribution in [2.75, 3.05) is 11.4 Å². The average Bonchev–Trinajstić information content (AvgIpc) is 3.41. The van der Waals surface area contributed by atoms with Gasteiger partial charge in [0, 0.05) is 12.3 Å². The summed E-state index contributed by atoms with van der Waals surface area (Å²) in [5, 5.41) is 4.33. The number of nitrogens with one attached hydrogen (secondary N) is 1. The number of hydrogen-bond acceptors (Lipinski definition) is 7. The van der Waals surface area contributed by atoms with Crippen LogP contribution in [-0.2, 0) is 27.5 Å². The molecule has 0 aliphatic carbocycles. The van der Waals surface area contributed by atoms with E-state index in [4.69, 9.17) is 4.74 Å². The third-order valence-corrected chi connectivity index (χ3v) is 5.83. The lowest BCUT2D eigenvalue weighted by Crippen LogP contribution is -2.30. The Morgan fingerprint density at radius 2 is 1.91 bits per heavy atom. The number of halogens is 1. The molecule has 9 nitrogen and oxygen atoms in total. The van der Waals surface area contributed by atoms with Gasteiger partial charge in [-0.05, 0) is 29.8 Å². The molecule has 1 N–H and O–H groups in total. The van der Waals surface area contributed by atoms with Crippen LogP contribution in [0.15, 0.2) is 53.9 Å². The molecule has 0 atom stereocenters. The van der Waals surface area contributed by atoms with E-state index in [1.165, 1.54) is 37.3 Å². The van der Waals surface area contributed by atoms with E-state index in [0.717, 1.165) is 21.1 Å². The molecule has 1 aromatic heterocycles. The van der Waals surface area contributed by atoms with Gasteiger partial charge in [0.05, 0.1) is 30.0 Å². The van der Waals surface area contributed by atoms with Crippen molar-refractivity contribution in [1.29, 1.82) is 0 Å². The minimum Gasteiger partial charge on any atom is -0.456 e. The zero-order valence-electron chi connectivity index (χ0n) is 18.0. The van der Waals surface area contributed by atoms with Crippen LogP contribution in [0.3, 0.4) is 0 Å². The summed E-state index contributed by atoms with van der Waals surface area (Å²) >= 11 is 1.13. The standard InChI is InChI=1S/C23H19FN4O5S/c1-14(29)28(19-5-3-2-4-18(19)24)23-26-17(13-34-23)12-33-21(31)16-8-6-15(7-9-16)11-27-20(30)10-25-22(27)32/h2-9,13H,10-12H2,1H3,(H,25,32). The smallest absolute Gasteiger partial charge is 0.338 e. The van der Waals surface area contributed by atoms with Crippen molar-refractivity contribution in [3.63, 3.8) is 0 Å². The number of para-hydroxylation sites is 1. The third kappa shape index (κ3) is 4.94. The van der Waals surface area contributed by atoms with Crippen molar-refractivity contribution in [3.8, 4) is 0 Å². The van der Waals surface area contributed by atoms with Gasteiger partial charge in [0.25, 0.3) is 0 Å². The second-order valence-corrected chi connectivity index (χ2v) is 8.18. The third-order valence-electron chi connectivity index (χ3n) is 4.96. The molecule has 11 heteroatoms. The maximum atomic E-state index is 14.2. The van der Waals surface area contributed by atoms with Gasteiger partial charge in [0.1, 0.15) is 12.4 Å². The molecule has 4 amide bonds. The summed E-state index contributed by atoms with van der Waals surface area (Å²) in [7, 11) is 0. The monoisotopic (exact) mass is 482 g/mol. The SMILES string of the molecule is CC(=O)N(c1nc(COC(=O)c2ccc(CN3C(=O)CNC3=O)cc2)cs1)c1ccccc1F. The van der Waals surface area contributed by atoms with Gasteiger partial charge in [-0.25, -0.2) is 19.0 Å². The molecular weight excluding hydrogens is 463 g/mol. The molecular formula is C23H19FN4O5S. The summed E-state index contributed by atoms with van der Waals surface area (Å²) in [4.78, 5) is 54.4. The number of hydrogen-bond donors (Lipinski definition) is 1. The number of thiazole rings is 1. The van der Waals surface area contributed by atoms with Crippen LogP contribution >= 0.6 is 11.3 Å². The number of esters is 1. The Hall–Kier alpha value is -4.12. The topological polar surface area (TPSA) is 109 Å². The first kappa shape index (κ1) is 23.1. The fourth-order valence-corrected chi connectivity index (χ4v) is 4.14. The minimum atomic E-state index is -0.589. The number of imide groups is 1. The molecule has 34 heavy (non-hydrogen) atoms. The zero-order chi connectivity index (χ0) is 24.2. The molecule has 0 saturated carbocycles. The Kier molecular flexibility index (Phi) is 6.64. The average molecular weight is 482 g/mol. The molecule has 3 aromatic rings. The molecule has 174 valence electrons. The molecule has 0 spiro atoms. The van der Waals surface area contributed by atoms with Gasteiger partial charge < -0.3 is 10.1 Å². The molecule has 1 saturated heterocycles. The van der Waals surface area contributed by atoms with Crippen molar-refractivity contribution in [1.82, 2.24) is 15.2 Å². The molecule has 2 heterocycles. The Morgan fingerprint density at radius 3 is 2.56 bits per heavy atom. The number of amides is 4. The summed E-state index contributed by atoms with van der Waals surface area (Å²) < 4.78 is 19.5. The van der Waals surface area contributed by atoms with Crippen molar-refractivity contribution < 1.29 is 28.3 Å². The highest BCUT2D eigenvalue weighted by Gasteiger charge is 2.28. The number of nitrogens with zero attached hydrogens (tertiary/aromatic N) is 3. The van der Waals surface area contributed by atoms with E-state index in [1.807, 2.05) is 0 Å². The number of rotatable bonds is 7. The highest BCUT2D eigenvalue weighted by atomic mass is 32.1. The summed E-state index contributed by atoms with van der Waals surface area (Å²) in [5.74, 6) is -1.86. The summed E-state index contributed by atoms with van der Waals surface area (Å²) in [5.41, 5.74) is 1.46. The molecule has 1 aliphatic heterocycles. The highest BCUT2D eigenvalue weighted by molar-refractivity contribution is 7.14.